The minimum absolute atomic E-state index is 0.227. The number of fused-ring (bicyclic) bond motifs is 1. The molecular formula is C27H30FN3O. The highest BCUT2D eigenvalue weighted by Crippen LogP contribution is 2.36. The lowest BCUT2D eigenvalue weighted by Crippen LogP contribution is -2.15. The Morgan fingerprint density at radius 1 is 1.09 bits per heavy atom. The van der Waals surface area contributed by atoms with Gasteiger partial charge in [-0.2, -0.15) is 0 Å². The summed E-state index contributed by atoms with van der Waals surface area (Å²) in [4.78, 5) is 23.9. The molecule has 0 fully saturated rings. The van der Waals surface area contributed by atoms with Gasteiger partial charge in [0.2, 0.25) is 0 Å². The molecule has 0 radical (unpaired) electrons. The van der Waals surface area contributed by atoms with Crippen molar-refractivity contribution in [3.63, 3.8) is 0 Å². The molecule has 0 aliphatic carbocycles. The van der Waals surface area contributed by atoms with E-state index in [9.17, 15) is 9.18 Å². The van der Waals surface area contributed by atoms with Gasteiger partial charge < -0.3 is 4.90 Å². The number of Topliss-reactive ketones (excluding diaryl/α,β-unsaturated/α-hetero) is 1. The van der Waals surface area contributed by atoms with Crippen molar-refractivity contribution in [1.82, 2.24) is 9.97 Å². The SMILES string of the molecule is CCCCCCC(=O)c1cccc2c1CCN2c1cc(Cc2cc(C)cc(F)c2)ncn1. The monoisotopic (exact) mass is 431 g/mol. The number of anilines is 2. The summed E-state index contributed by atoms with van der Waals surface area (Å²) in [7, 11) is 0. The third-order valence-corrected chi connectivity index (χ3v) is 6.06. The van der Waals surface area contributed by atoms with Gasteiger partial charge in [-0.25, -0.2) is 14.4 Å². The van der Waals surface area contributed by atoms with Crippen LogP contribution in [0.15, 0.2) is 48.8 Å². The lowest BCUT2D eigenvalue weighted by molar-refractivity contribution is 0.0978. The van der Waals surface area contributed by atoms with E-state index >= 15 is 0 Å². The number of hydrogen-bond donors (Lipinski definition) is 0. The Morgan fingerprint density at radius 3 is 2.78 bits per heavy atom. The van der Waals surface area contributed by atoms with Gasteiger partial charge in [-0.05, 0) is 54.7 Å². The van der Waals surface area contributed by atoms with E-state index in [2.05, 4.69) is 27.9 Å². The molecule has 1 aliphatic heterocycles. The second kappa shape index (κ2) is 10.0. The Balaban J connectivity index is 1.53. The van der Waals surface area contributed by atoms with Crippen molar-refractivity contribution in [2.24, 2.45) is 0 Å². The van der Waals surface area contributed by atoms with Crippen molar-refractivity contribution in [3.8, 4) is 0 Å². The second-order valence-electron chi connectivity index (χ2n) is 8.62. The van der Waals surface area contributed by atoms with Crippen molar-refractivity contribution < 1.29 is 9.18 Å². The smallest absolute Gasteiger partial charge is 0.163 e. The average Bonchev–Trinajstić information content (AvgIpc) is 3.20. The Labute approximate surface area is 189 Å². The minimum atomic E-state index is -0.227. The zero-order valence-corrected chi connectivity index (χ0v) is 18.9. The quantitative estimate of drug-likeness (QED) is 0.292. The maximum absolute atomic E-state index is 13.8. The van der Waals surface area contributed by atoms with Crippen LogP contribution >= 0.6 is 0 Å². The van der Waals surface area contributed by atoms with Gasteiger partial charge in [0, 0.05) is 36.7 Å². The first-order chi connectivity index (χ1) is 15.5. The summed E-state index contributed by atoms with van der Waals surface area (Å²) in [6.07, 6.45) is 7.97. The van der Waals surface area contributed by atoms with Gasteiger partial charge in [-0.3, -0.25) is 4.79 Å². The first-order valence-electron chi connectivity index (χ1n) is 11.5. The van der Waals surface area contributed by atoms with Crippen LogP contribution in [0.4, 0.5) is 15.9 Å². The van der Waals surface area contributed by atoms with Crippen LogP contribution in [0.25, 0.3) is 0 Å². The van der Waals surface area contributed by atoms with E-state index in [0.29, 0.717) is 12.8 Å². The normalized spacial score (nSPS) is 12.8. The van der Waals surface area contributed by atoms with E-state index in [-0.39, 0.29) is 11.6 Å². The third-order valence-electron chi connectivity index (χ3n) is 6.06. The standard InChI is InChI=1S/C27H30FN3O/c1-3-4-5-6-10-26(32)24-8-7-9-25-23(24)11-12-31(25)27-17-22(29-18-30-27)16-20-13-19(2)14-21(28)15-20/h7-9,13-15,17-18H,3-6,10-12,16H2,1-2H3. The highest BCUT2D eigenvalue weighted by atomic mass is 19.1. The van der Waals surface area contributed by atoms with Gasteiger partial charge in [0.15, 0.2) is 5.78 Å². The molecule has 1 aliphatic rings. The van der Waals surface area contributed by atoms with Crippen LogP contribution in [-0.2, 0) is 12.8 Å². The summed E-state index contributed by atoms with van der Waals surface area (Å²) >= 11 is 0. The Bertz CT molecular complexity index is 1090. The largest absolute Gasteiger partial charge is 0.326 e. The Morgan fingerprint density at radius 2 is 1.97 bits per heavy atom. The molecule has 166 valence electrons. The predicted octanol–water partition coefficient (Wildman–Crippen LogP) is 6.36. The predicted molar refractivity (Wildman–Crippen MR) is 126 cm³/mol. The summed E-state index contributed by atoms with van der Waals surface area (Å²) in [5.41, 5.74) is 5.66. The highest BCUT2D eigenvalue weighted by molar-refractivity contribution is 5.99. The molecule has 0 unspecified atom stereocenters. The molecule has 2 aromatic carbocycles. The van der Waals surface area contributed by atoms with Crippen molar-refractivity contribution >= 4 is 17.3 Å². The molecule has 0 saturated heterocycles. The molecular weight excluding hydrogens is 401 g/mol. The molecule has 4 rings (SSSR count). The van der Waals surface area contributed by atoms with Crippen molar-refractivity contribution in [2.75, 3.05) is 11.4 Å². The molecule has 0 amide bonds. The molecule has 0 atom stereocenters. The number of benzene rings is 2. The number of aryl methyl sites for hydroxylation is 1. The van der Waals surface area contributed by atoms with Crippen LogP contribution in [0.2, 0.25) is 0 Å². The number of unbranched alkanes of at least 4 members (excludes halogenated alkanes) is 3. The fourth-order valence-corrected chi connectivity index (χ4v) is 4.53. The van der Waals surface area contributed by atoms with E-state index in [4.69, 9.17) is 0 Å². The number of carbonyl (C=O) groups excluding carboxylic acids is 1. The zero-order chi connectivity index (χ0) is 22.5. The van der Waals surface area contributed by atoms with Crippen molar-refractivity contribution in [2.45, 2.75) is 58.8 Å². The van der Waals surface area contributed by atoms with E-state index in [1.807, 2.05) is 31.2 Å². The first-order valence-corrected chi connectivity index (χ1v) is 11.5. The Hall–Kier alpha value is -3.08. The van der Waals surface area contributed by atoms with Crippen LogP contribution < -0.4 is 4.90 Å². The third kappa shape index (κ3) is 5.04. The summed E-state index contributed by atoms with van der Waals surface area (Å²) in [5, 5.41) is 0. The van der Waals surface area contributed by atoms with Crippen LogP contribution in [0.3, 0.4) is 0 Å². The maximum Gasteiger partial charge on any atom is 0.163 e. The number of halogens is 1. The van der Waals surface area contributed by atoms with Crippen molar-refractivity contribution in [1.29, 1.82) is 0 Å². The van der Waals surface area contributed by atoms with Gasteiger partial charge >= 0.3 is 0 Å². The summed E-state index contributed by atoms with van der Waals surface area (Å²) in [6, 6.07) is 13.0. The average molecular weight is 432 g/mol. The number of hydrogen-bond acceptors (Lipinski definition) is 4. The van der Waals surface area contributed by atoms with E-state index < -0.39 is 0 Å². The van der Waals surface area contributed by atoms with Gasteiger partial charge in [0.05, 0.1) is 5.69 Å². The van der Waals surface area contributed by atoms with Gasteiger partial charge in [0.25, 0.3) is 0 Å². The van der Waals surface area contributed by atoms with Crippen LogP contribution in [0.1, 0.15) is 71.8 Å². The Kier molecular flexibility index (Phi) is 6.93. The number of ketones is 1. The number of carbonyl (C=O) groups is 1. The van der Waals surface area contributed by atoms with E-state index in [0.717, 1.165) is 65.3 Å². The molecule has 2 heterocycles. The van der Waals surface area contributed by atoms with E-state index in [1.165, 1.54) is 18.9 Å². The number of rotatable bonds is 9. The highest BCUT2D eigenvalue weighted by Gasteiger charge is 2.26. The molecule has 4 nitrogen and oxygen atoms in total. The number of aromatic nitrogens is 2. The molecule has 0 spiro atoms. The van der Waals surface area contributed by atoms with Crippen LogP contribution in [0, 0.1) is 12.7 Å². The van der Waals surface area contributed by atoms with Gasteiger partial charge in [-0.15, -0.1) is 0 Å². The molecule has 0 bridgehead atoms. The topological polar surface area (TPSA) is 46.1 Å². The zero-order valence-electron chi connectivity index (χ0n) is 18.9. The molecule has 0 saturated carbocycles. The van der Waals surface area contributed by atoms with Gasteiger partial charge in [0.1, 0.15) is 18.0 Å². The molecule has 5 heteroatoms. The second-order valence-corrected chi connectivity index (χ2v) is 8.62. The fourth-order valence-electron chi connectivity index (χ4n) is 4.53. The van der Waals surface area contributed by atoms with Gasteiger partial charge in [-0.1, -0.05) is 44.4 Å². The summed E-state index contributed by atoms with van der Waals surface area (Å²) in [5.74, 6) is 0.828. The molecule has 32 heavy (non-hydrogen) atoms. The van der Waals surface area contributed by atoms with Crippen LogP contribution in [-0.4, -0.2) is 22.3 Å². The lowest BCUT2D eigenvalue weighted by Gasteiger charge is -2.19. The van der Waals surface area contributed by atoms with Crippen molar-refractivity contribution in [3.05, 3.63) is 82.6 Å². The lowest BCUT2D eigenvalue weighted by atomic mass is 9.97. The maximum atomic E-state index is 13.8. The van der Waals surface area contributed by atoms with E-state index in [1.54, 1.807) is 12.4 Å². The number of nitrogens with zero attached hydrogens (tertiary/aromatic N) is 3. The summed E-state index contributed by atoms with van der Waals surface area (Å²) < 4.78 is 13.8. The summed E-state index contributed by atoms with van der Waals surface area (Å²) in [6.45, 7) is 4.85. The first kappa shape index (κ1) is 22.1. The molecule has 1 aromatic heterocycles. The minimum Gasteiger partial charge on any atom is -0.326 e. The molecule has 0 N–H and O–H groups in total. The van der Waals surface area contributed by atoms with Crippen LogP contribution in [0.5, 0.6) is 0 Å². The fraction of sp³-hybridized carbons (Fsp3) is 0.370. The molecule has 3 aromatic rings.